The molecule has 7 heteroatoms. The molecular weight excluding hydrogens is 421 g/mol. The summed E-state index contributed by atoms with van der Waals surface area (Å²) in [6, 6.07) is 20.0. The molecule has 0 radical (unpaired) electrons. The zero-order valence-electron chi connectivity index (χ0n) is 18.9. The number of carbonyl (C=O) groups excluding carboxylic acids is 2. The Balaban J connectivity index is 1.56. The van der Waals surface area contributed by atoms with Crippen molar-refractivity contribution in [2.24, 2.45) is 5.92 Å². The third-order valence-corrected chi connectivity index (χ3v) is 5.16. The van der Waals surface area contributed by atoms with Crippen molar-refractivity contribution in [3.8, 4) is 5.75 Å². The number of carbonyl (C=O) groups is 2. The number of hydrogen-bond acceptors (Lipinski definition) is 4. The number of halogens is 1. The number of benzene rings is 3. The molecule has 0 bridgehead atoms. The van der Waals surface area contributed by atoms with Crippen molar-refractivity contribution in [2.45, 2.75) is 19.9 Å². The van der Waals surface area contributed by atoms with Gasteiger partial charge in [0.2, 0.25) is 5.91 Å². The van der Waals surface area contributed by atoms with Gasteiger partial charge in [0, 0.05) is 17.3 Å². The second-order valence-electron chi connectivity index (χ2n) is 7.93. The predicted octanol–water partition coefficient (Wildman–Crippen LogP) is 5.01. The minimum Gasteiger partial charge on any atom is -0.495 e. The molecule has 3 aromatic carbocycles. The Bertz CT molecular complexity index is 1080. The topological polar surface area (TPSA) is 79.5 Å². The van der Waals surface area contributed by atoms with E-state index in [1.807, 2.05) is 26.0 Å². The summed E-state index contributed by atoms with van der Waals surface area (Å²) in [6.07, 6.45) is 0. The van der Waals surface area contributed by atoms with Gasteiger partial charge in [-0.3, -0.25) is 9.59 Å². The Kier molecular flexibility index (Phi) is 8.16. The van der Waals surface area contributed by atoms with Crippen LogP contribution in [-0.4, -0.2) is 25.5 Å². The predicted molar refractivity (Wildman–Crippen MR) is 128 cm³/mol. The van der Waals surface area contributed by atoms with Gasteiger partial charge in [0.25, 0.3) is 5.91 Å². The summed E-state index contributed by atoms with van der Waals surface area (Å²) >= 11 is 0. The summed E-state index contributed by atoms with van der Waals surface area (Å²) in [5.74, 6) is -0.00185. The van der Waals surface area contributed by atoms with Crippen LogP contribution in [0.5, 0.6) is 5.75 Å². The van der Waals surface area contributed by atoms with Crippen molar-refractivity contribution in [1.82, 2.24) is 5.32 Å². The minimum atomic E-state index is -0.293. The quantitative estimate of drug-likeness (QED) is 0.429. The Labute approximate surface area is 193 Å². The lowest BCUT2D eigenvalue weighted by molar-refractivity contribution is -0.115. The molecule has 3 rings (SSSR count). The Morgan fingerprint density at radius 3 is 2.21 bits per heavy atom. The van der Waals surface area contributed by atoms with Gasteiger partial charge in [0.1, 0.15) is 11.6 Å². The first-order valence-corrected chi connectivity index (χ1v) is 10.7. The van der Waals surface area contributed by atoms with E-state index in [-0.39, 0.29) is 36.1 Å². The van der Waals surface area contributed by atoms with Crippen molar-refractivity contribution < 1.29 is 18.7 Å². The fourth-order valence-corrected chi connectivity index (χ4v) is 3.46. The normalized spacial score (nSPS) is 11.7. The lowest BCUT2D eigenvalue weighted by Crippen LogP contribution is -2.33. The highest BCUT2D eigenvalue weighted by Crippen LogP contribution is 2.24. The van der Waals surface area contributed by atoms with E-state index in [2.05, 4.69) is 16.0 Å². The van der Waals surface area contributed by atoms with Crippen LogP contribution in [0.4, 0.5) is 15.8 Å². The highest BCUT2D eigenvalue weighted by molar-refractivity contribution is 6.05. The number of ether oxygens (including phenoxy) is 1. The van der Waals surface area contributed by atoms with Gasteiger partial charge in [-0.15, -0.1) is 0 Å². The van der Waals surface area contributed by atoms with Crippen molar-refractivity contribution >= 4 is 23.2 Å². The van der Waals surface area contributed by atoms with E-state index in [0.29, 0.717) is 22.7 Å². The van der Waals surface area contributed by atoms with Crippen LogP contribution < -0.4 is 20.7 Å². The molecule has 0 aliphatic rings. The molecule has 0 heterocycles. The molecule has 0 saturated heterocycles. The fraction of sp³-hybridized carbons (Fsp3) is 0.231. The molecule has 0 aliphatic carbocycles. The van der Waals surface area contributed by atoms with Crippen LogP contribution in [-0.2, 0) is 4.79 Å². The van der Waals surface area contributed by atoms with Crippen LogP contribution in [0.3, 0.4) is 0 Å². The van der Waals surface area contributed by atoms with Crippen LogP contribution in [0.2, 0.25) is 0 Å². The Hall–Kier alpha value is -3.71. The van der Waals surface area contributed by atoms with Crippen LogP contribution in [0.15, 0.2) is 72.8 Å². The van der Waals surface area contributed by atoms with E-state index in [1.165, 1.54) is 12.1 Å². The summed E-state index contributed by atoms with van der Waals surface area (Å²) < 4.78 is 18.5. The van der Waals surface area contributed by atoms with Crippen LogP contribution in [0.1, 0.15) is 35.8 Å². The molecular formula is C26H28FN3O3. The van der Waals surface area contributed by atoms with E-state index >= 15 is 0 Å². The van der Waals surface area contributed by atoms with Gasteiger partial charge in [-0.05, 0) is 60.0 Å². The summed E-state index contributed by atoms with van der Waals surface area (Å²) in [5.41, 5.74) is 2.53. The van der Waals surface area contributed by atoms with Crippen molar-refractivity contribution in [1.29, 1.82) is 0 Å². The molecule has 33 heavy (non-hydrogen) atoms. The number of methoxy groups -OCH3 is 1. The fourth-order valence-electron chi connectivity index (χ4n) is 3.46. The molecule has 0 spiro atoms. The highest BCUT2D eigenvalue weighted by Gasteiger charge is 2.17. The number of nitrogens with one attached hydrogen (secondary N) is 3. The lowest BCUT2D eigenvalue weighted by Gasteiger charge is -2.22. The van der Waals surface area contributed by atoms with E-state index < -0.39 is 0 Å². The smallest absolute Gasteiger partial charge is 0.255 e. The lowest BCUT2D eigenvalue weighted by atomic mass is 9.96. The maximum Gasteiger partial charge on any atom is 0.255 e. The van der Waals surface area contributed by atoms with Crippen LogP contribution in [0, 0.1) is 11.7 Å². The van der Waals surface area contributed by atoms with Gasteiger partial charge in [0.15, 0.2) is 0 Å². The maximum atomic E-state index is 13.2. The maximum absolute atomic E-state index is 13.2. The molecule has 172 valence electrons. The minimum absolute atomic E-state index is 0.0857. The second-order valence-corrected chi connectivity index (χ2v) is 7.93. The number of hydrogen-bond donors (Lipinski definition) is 3. The van der Waals surface area contributed by atoms with Gasteiger partial charge in [-0.25, -0.2) is 4.39 Å². The molecule has 0 aliphatic heterocycles. The largest absolute Gasteiger partial charge is 0.495 e. The van der Waals surface area contributed by atoms with Gasteiger partial charge in [-0.2, -0.15) is 0 Å². The Morgan fingerprint density at radius 2 is 1.58 bits per heavy atom. The van der Waals surface area contributed by atoms with Gasteiger partial charge in [0.05, 0.1) is 19.3 Å². The van der Waals surface area contributed by atoms with Crippen LogP contribution >= 0.6 is 0 Å². The van der Waals surface area contributed by atoms with E-state index in [4.69, 9.17) is 4.74 Å². The van der Waals surface area contributed by atoms with E-state index in [1.54, 1.807) is 55.6 Å². The van der Waals surface area contributed by atoms with Gasteiger partial charge < -0.3 is 20.7 Å². The number of amides is 2. The molecule has 3 N–H and O–H groups in total. The monoisotopic (exact) mass is 449 g/mol. The second kappa shape index (κ2) is 11.2. The molecule has 2 amide bonds. The molecule has 0 aromatic heterocycles. The highest BCUT2D eigenvalue weighted by atomic mass is 19.1. The third-order valence-electron chi connectivity index (χ3n) is 5.16. The first-order valence-electron chi connectivity index (χ1n) is 10.7. The van der Waals surface area contributed by atoms with Gasteiger partial charge in [-0.1, -0.05) is 38.1 Å². The number of rotatable bonds is 9. The van der Waals surface area contributed by atoms with E-state index in [0.717, 1.165) is 5.56 Å². The number of para-hydroxylation sites is 2. The average Bonchev–Trinajstić information content (AvgIpc) is 2.81. The zero-order chi connectivity index (χ0) is 23.8. The van der Waals surface area contributed by atoms with Gasteiger partial charge >= 0.3 is 0 Å². The molecule has 1 atom stereocenters. The van der Waals surface area contributed by atoms with Crippen molar-refractivity contribution in [2.75, 3.05) is 24.3 Å². The number of anilines is 2. The zero-order valence-corrected chi connectivity index (χ0v) is 18.9. The van der Waals surface area contributed by atoms with Crippen LogP contribution in [0.25, 0.3) is 0 Å². The molecule has 1 unspecified atom stereocenters. The standard InChI is InChI=1S/C26H28FN3O3/c1-17(2)25(18-8-12-20(27)13-9-18)28-16-24(31)29-21-14-10-19(11-15-21)26(32)30-22-6-4-5-7-23(22)33-3/h4-15,17,25,28H,16H2,1-3H3,(H,29,31)(H,30,32). The summed E-state index contributed by atoms with van der Waals surface area (Å²) in [5, 5.41) is 8.87. The summed E-state index contributed by atoms with van der Waals surface area (Å²) in [4.78, 5) is 25.0. The first-order chi connectivity index (χ1) is 15.9. The Morgan fingerprint density at radius 1 is 0.909 bits per heavy atom. The molecule has 3 aromatic rings. The SMILES string of the molecule is COc1ccccc1NC(=O)c1ccc(NC(=O)CNC(c2ccc(F)cc2)C(C)C)cc1. The molecule has 6 nitrogen and oxygen atoms in total. The molecule has 0 fully saturated rings. The van der Waals surface area contributed by atoms with Crippen molar-refractivity contribution in [3.63, 3.8) is 0 Å². The van der Waals surface area contributed by atoms with Crippen molar-refractivity contribution in [3.05, 3.63) is 89.7 Å². The average molecular weight is 450 g/mol. The first kappa shape index (κ1) is 23.9. The molecule has 0 saturated carbocycles. The summed E-state index contributed by atoms with van der Waals surface area (Å²) in [7, 11) is 1.54. The van der Waals surface area contributed by atoms with E-state index in [9.17, 15) is 14.0 Å². The third kappa shape index (κ3) is 6.63. The summed E-state index contributed by atoms with van der Waals surface area (Å²) in [6.45, 7) is 4.16.